The van der Waals surface area contributed by atoms with E-state index >= 15 is 0 Å². The Bertz CT molecular complexity index is 546. The first-order valence-corrected chi connectivity index (χ1v) is 4.83. The second kappa shape index (κ2) is 3.77. The van der Waals surface area contributed by atoms with E-state index in [2.05, 4.69) is 28.5 Å². The van der Waals surface area contributed by atoms with E-state index in [-0.39, 0.29) is 0 Å². The monoisotopic (exact) mass is 215 g/mol. The zero-order valence-corrected chi connectivity index (χ0v) is 9.38. The van der Waals surface area contributed by atoms with Crippen LogP contribution in [0.5, 0.6) is 0 Å². The maximum Gasteiger partial charge on any atom is 0.155 e. The van der Waals surface area contributed by atoms with Gasteiger partial charge in [-0.15, -0.1) is 0 Å². The third-order valence-corrected chi connectivity index (χ3v) is 2.21. The summed E-state index contributed by atoms with van der Waals surface area (Å²) in [4.78, 5) is 3.91. The number of aliphatic imine (C=N–C) groups is 1. The summed E-state index contributed by atoms with van der Waals surface area (Å²) in [5.74, 6) is 0.686. The van der Waals surface area contributed by atoms with Crippen LogP contribution in [-0.2, 0) is 7.05 Å². The van der Waals surface area contributed by atoms with Crippen LogP contribution in [0.15, 0.2) is 30.0 Å². The standard InChI is InChI=1S/C11H13N5/c1-8(2)16-11(12-3)5-10(14-16)9-6-13-15(4)7-9/h5-7H,1,3H2,2,4H3. The molecule has 2 aromatic heterocycles. The molecule has 0 unspecified atom stereocenters. The molecule has 2 heterocycles. The van der Waals surface area contributed by atoms with Crippen LogP contribution in [0.1, 0.15) is 6.92 Å². The third kappa shape index (κ3) is 1.67. The lowest BCUT2D eigenvalue weighted by molar-refractivity contribution is 0.768. The Kier molecular flexibility index (Phi) is 2.44. The van der Waals surface area contributed by atoms with Crippen molar-refractivity contribution in [3.05, 3.63) is 25.0 Å². The van der Waals surface area contributed by atoms with Gasteiger partial charge in [0.15, 0.2) is 5.82 Å². The summed E-state index contributed by atoms with van der Waals surface area (Å²) in [5, 5.41) is 8.50. The molecule has 0 bridgehead atoms. The zero-order valence-electron chi connectivity index (χ0n) is 9.38. The molecule has 16 heavy (non-hydrogen) atoms. The van der Waals surface area contributed by atoms with Gasteiger partial charge in [0, 0.05) is 30.6 Å². The number of aromatic nitrogens is 4. The van der Waals surface area contributed by atoms with Crippen LogP contribution in [0.4, 0.5) is 5.82 Å². The fraction of sp³-hybridized carbons (Fsp3) is 0.182. The van der Waals surface area contributed by atoms with Crippen molar-refractivity contribution in [2.45, 2.75) is 6.92 Å². The summed E-state index contributed by atoms with van der Waals surface area (Å²) in [6.45, 7) is 9.22. The Hall–Kier alpha value is -2.17. The molecular weight excluding hydrogens is 202 g/mol. The van der Waals surface area contributed by atoms with Gasteiger partial charge in [0.2, 0.25) is 0 Å². The van der Waals surface area contributed by atoms with Crippen molar-refractivity contribution in [2.75, 3.05) is 0 Å². The molecular formula is C11H13N5. The summed E-state index contributed by atoms with van der Waals surface area (Å²) in [7, 11) is 1.87. The SMILES string of the molecule is C=Nc1cc(-c2cnn(C)c2)nn1C(=C)C. The van der Waals surface area contributed by atoms with Gasteiger partial charge in [0.1, 0.15) is 0 Å². The molecule has 0 spiro atoms. The van der Waals surface area contributed by atoms with E-state index in [0.29, 0.717) is 5.82 Å². The smallest absolute Gasteiger partial charge is 0.155 e. The Morgan fingerprint density at radius 3 is 2.69 bits per heavy atom. The lowest BCUT2D eigenvalue weighted by Crippen LogP contribution is -1.93. The molecule has 0 aromatic carbocycles. The van der Waals surface area contributed by atoms with Crippen LogP contribution in [0.3, 0.4) is 0 Å². The molecule has 5 heteroatoms. The topological polar surface area (TPSA) is 48.0 Å². The van der Waals surface area contributed by atoms with Crippen LogP contribution >= 0.6 is 0 Å². The first kappa shape index (κ1) is 10.4. The second-order valence-electron chi connectivity index (χ2n) is 3.60. The van der Waals surface area contributed by atoms with Crippen molar-refractivity contribution >= 4 is 18.2 Å². The number of aryl methyl sites for hydroxylation is 1. The molecule has 2 aromatic rings. The summed E-state index contributed by atoms with van der Waals surface area (Å²) in [6.07, 6.45) is 3.66. The van der Waals surface area contributed by atoms with E-state index in [1.54, 1.807) is 15.6 Å². The molecule has 0 saturated carbocycles. The normalized spacial score (nSPS) is 10.4. The van der Waals surface area contributed by atoms with Gasteiger partial charge >= 0.3 is 0 Å². The van der Waals surface area contributed by atoms with Gasteiger partial charge < -0.3 is 0 Å². The lowest BCUT2D eigenvalue weighted by atomic mass is 10.2. The van der Waals surface area contributed by atoms with Crippen molar-refractivity contribution in [1.82, 2.24) is 19.6 Å². The molecule has 5 nitrogen and oxygen atoms in total. The quantitative estimate of drug-likeness (QED) is 0.736. The van der Waals surface area contributed by atoms with Crippen molar-refractivity contribution in [3.8, 4) is 11.3 Å². The van der Waals surface area contributed by atoms with Crippen LogP contribution in [-0.4, -0.2) is 26.3 Å². The van der Waals surface area contributed by atoms with E-state index in [9.17, 15) is 0 Å². The average Bonchev–Trinajstić information content (AvgIpc) is 2.82. The first-order chi connectivity index (χ1) is 7.61. The number of rotatable bonds is 3. The maximum atomic E-state index is 4.39. The van der Waals surface area contributed by atoms with Crippen molar-refractivity contribution in [1.29, 1.82) is 0 Å². The van der Waals surface area contributed by atoms with Gasteiger partial charge in [-0.3, -0.25) is 4.68 Å². The average molecular weight is 215 g/mol. The third-order valence-electron chi connectivity index (χ3n) is 2.21. The maximum absolute atomic E-state index is 4.39. The van der Waals surface area contributed by atoms with E-state index in [1.807, 2.05) is 26.2 Å². The second-order valence-corrected chi connectivity index (χ2v) is 3.60. The summed E-state index contributed by atoms with van der Waals surface area (Å²) >= 11 is 0. The van der Waals surface area contributed by atoms with Gasteiger partial charge in [0.05, 0.1) is 11.9 Å². The Morgan fingerprint density at radius 2 is 2.25 bits per heavy atom. The minimum absolute atomic E-state index is 0.686. The number of nitrogens with zero attached hydrogens (tertiary/aromatic N) is 5. The highest BCUT2D eigenvalue weighted by Gasteiger charge is 2.09. The van der Waals surface area contributed by atoms with Gasteiger partial charge in [-0.2, -0.15) is 10.2 Å². The molecule has 0 fully saturated rings. The molecule has 0 N–H and O–H groups in total. The van der Waals surface area contributed by atoms with Crippen molar-refractivity contribution < 1.29 is 0 Å². The van der Waals surface area contributed by atoms with Gasteiger partial charge in [-0.05, 0) is 13.6 Å². The van der Waals surface area contributed by atoms with Crippen molar-refractivity contribution in [2.24, 2.45) is 12.0 Å². The molecule has 2 rings (SSSR count). The molecule has 0 aliphatic rings. The Morgan fingerprint density at radius 1 is 1.50 bits per heavy atom. The van der Waals surface area contributed by atoms with Gasteiger partial charge in [0.25, 0.3) is 0 Å². The molecule has 82 valence electrons. The van der Waals surface area contributed by atoms with Crippen molar-refractivity contribution in [3.63, 3.8) is 0 Å². The number of hydrogen-bond acceptors (Lipinski definition) is 3. The lowest BCUT2D eigenvalue weighted by Gasteiger charge is -1.99. The van der Waals surface area contributed by atoms with E-state index in [1.165, 1.54) is 0 Å². The number of allylic oxidation sites excluding steroid dienone is 1. The molecule has 0 atom stereocenters. The molecule has 0 aliphatic heterocycles. The highest BCUT2D eigenvalue weighted by atomic mass is 15.3. The molecule has 0 aliphatic carbocycles. The molecule has 0 radical (unpaired) electrons. The Balaban J connectivity index is 2.51. The van der Waals surface area contributed by atoms with Crippen LogP contribution in [0, 0.1) is 0 Å². The largest absolute Gasteiger partial charge is 0.275 e. The minimum Gasteiger partial charge on any atom is -0.275 e. The van der Waals surface area contributed by atoms with E-state index in [4.69, 9.17) is 0 Å². The minimum atomic E-state index is 0.686. The number of hydrogen-bond donors (Lipinski definition) is 0. The summed E-state index contributed by atoms with van der Waals surface area (Å²) in [5.41, 5.74) is 2.57. The first-order valence-electron chi connectivity index (χ1n) is 4.83. The predicted octanol–water partition coefficient (Wildman–Crippen LogP) is 2.11. The van der Waals surface area contributed by atoms with E-state index < -0.39 is 0 Å². The predicted molar refractivity (Wildman–Crippen MR) is 64.6 cm³/mol. The van der Waals surface area contributed by atoms with Gasteiger partial charge in [-0.1, -0.05) is 6.58 Å². The Labute approximate surface area is 93.7 Å². The van der Waals surface area contributed by atoms with E-state index in [0.717, 1.165) is 17.0 Å². The highest BCUT2D eigenvalue weighted by Crippen LogP contribution is 2.24. The summed E-state index contributed by atoms with van der Waals surface area (Å²) < 4.78 is 3.39. The van der Waals surface area contributed by atoms with Gasteiger partial charge in [-0.25, -0.2) is 9.67 Å². The summed E-state index contributed by atoms with van der Waals surface area (Å²) in [6, 6.07) is 1.86. The van der Waals surface area contributed by atoms with Crippen LogP contribution in [0.2, 0.25) is 0 Å². The van der Waals surface area contributed by atoms with Crippen LogP contribution < -0.4 is 0 Å². The molecule has 0 saturated heterocycles. The van der Waals surface area contributed by atoms with Crippen LogP contribution in [0.25, 0.3) is 17.0 Å². The highest BCUT2D eigenvalue weighted by molar-refractivity contribution is 5.64. The fourth-order valence-corrected chi connectivity index (χ4v) is 1.46. The molecule has 0 amide bonds. The zero-order chi connectivity index (χ0) is 11.7. The fourth-order valence-electron chi connectivity index (χ4n) is 1.46.